The molecule has 0 fully saturated rings. The van der Waals surface area contributed by atoms with Gasteiger partial charge in [0, 0.05) is 24.8 Å². The lowest BCUT2D eigenvalue weighted by Crippen LogP contribution is -2.34. The average molecular weight is 379 g/mol. The van der Waals surface area contributed by atoms with Gasteiger partial charge in [-0.15, -0.1) is 5.10 Å². The van der Waals surface area contributed by atoms with E-state index < -0.39 is 0 Å². The number of carbonyl (C=O) groups excluding carboxylic acids is 2. The topological polar surface area (TPSA) is 80.1 Å². The van der Waals surface area contributed by atoms with E-state index in [0.717, 1.165) is 5.52 Å². The van der Waals surface area contributed by atoms with E-state index in [9.17, 15) is 9.59 Å². The summed E-state index contributed by atoms with van der Waals surface area (Å²) in [6.45, 7) is 6.89. The van der Waals surface area contributed by atoms with Crippen molar-refractivity contribution >= 4 is 28.5 Å². The van der Waals surface area contributed by atoms with Crippen molar-refractivity contribution in [2.45, 2.75) is 33.2 Å². The van der Waals surface area contributed by atoms with Gasteiger partial charge >= 0.3 is 0 Å². The van der Waals surface area contributed by atoms with E-state index in [1.165, 1.54) is 10.5 Å². The van der Waals surface area contributed by atoms with E-state index in [-0.39, 0.29) is 18.4 Å². The molecule has 7 nitrogen and oxygen atoms in total. The molecule has 0 atom stereocenters. The maximum atomic E-state index is 12.7. The molecule has 3 rings (SSSR count). The van der Waals surface area contributed by atoms with E-state index in [0.29, 0.717) is 29.2 Å². The quantitative estimate of drug-likeness (QED) is 0.713. The zero-order valence-corrected chi connectivity index (χ0v) is 16.6. The predicted octanol–water partition coefficient (Wildman–Crippen LogP) is 3.29. The number of nitrogens with zero attached hydrogens (tertiary/aromatic N) is 4. The average Bonchev–Trinajstić information content (AvgIpc) is 3.09. The van der Waals surface area contributed by atoms with Crippen LogP contribution in [0.5, 0.6) is 0 Å². The first kappa shape index (κ1) is 19.5. The Bertz CT molecular complexity index is 992. The van der Waals surface area contributed by atoms with E-state index >= 15 is 0 Å². The van der Waals surface area contributed by atoms with Gasteiger partial charge in [0.1, 0.15) is 5.52 Å². The van der Waals surface area contributed by atoms with Crippen LogP contribution in [0.1, 0.15) is 42.6 Å². The minimum absolute atomic E-state index is 0.0372. The molecular weight excluding hydrogens is 354 g/mol. The number of hydrogen-bond acceptors (Lipinski definition) is 4. The molecule has 0 aliphatic carbocycles. The van der Waals surface area contributed by atoms with Crippen molar-refractivity contribution in [3.63, 3.8) is 0 Å². The molecule has 0 saturated carbocycles. The number of rotatable bonds is 6. The zero-order chi connectivity index (χ0) is 20.3. The number of anilines is 1. The fourth-order valence-corrected chi connectivity index (χ4v) is 3.00. The minimum atomic E-state index is -0.244. The van der Waals surface area contributed by atoms with Crippen molar-refractivity contribution < 1.29 is 9.59 Å². The van der Waals surface area contributed by atoms with Crippen LogP contribution in [0, 0.1) is 0 Å². The Morgan fingerprint density at radius 3 is 2.50 bits per heavy atom. The van der Waals surface area contributed by atoms with E-state index in [2.05, 4.69) is 29.5 Å². The third-order valence-electron chi connectivity index (χ3n) is 4.65. The highest BCUT2D eigenvalue weighted by Crippen LogP contribution is 2.17. The highest BCUT2D eigenvalue weighted by atomic mass is 16.2. The lowest BCUT2D eigenvalue weighted by Gasteiger charge is -2.17. The molecule has 1 aromatic heterocycles. The first-order chi connectivity index (χ1) is 13.4. The summed E-state index contributed by atoms with van der Waals surface area (Å²) >= 11 is 0. The molecule has 2 amide bonds. The molecule has 1 heterocycles. The molecule has 0 radical (unpaired) electrons. The number of amides is 2. The van der Waals surface area contributed by atoms with Crippen LogP contribution in [0.25, 0.3) is 11.0 Å². The Kier molecular flexibility index (Phi) is 5.73. The van der Waals surface area contributed by atoms with Crippen LogP contribution in [-0.2, 0) is 11.3 Å². The van der Waals surface area contributed by atoms with Crippen LogP contribution in [0.2, 0.25) is 0 Å². The summed E-state index contributed by atoms with van der Waals surface area (Å²) in [4.78, 5) is 26.4. The maximum absolute atomic E-state index is 12.7. The number of likely N-dealkylation sites (N-methyl/N-ethyl adjacent to an activating group) is 1. The highest BCUT2D eigenvalue weighted by Gasteiger charge is 2.16. The van der Waals surface area contributed by atoms with Gasteiger partial charge in [-0.3, -0.25) is 9.59 Å². The van der Waals surface area contributed by atoms with E-state index in [1.54, 1.807) is 23.9 Å². The Hall–Kier alpha value is -3.22. The first-order valence-electron chi connectivity index (χ1n) is 9.37. The van der Waals surface area contributed by atoms with Gasteiger partial charge in [-0.1, -0.05) is 31.2 Å². The molecule has 0 saturated heterocycles. The monoisotopic (exact) mass is 379 g/mol. The molecule has 7 heteroatoms. The van der Waals surface area contributed by atoms with Gasteiger partial charge in [0.25, 0.3) is 5.91 Å². The van der Waals surface area contributed by atoms with Crippen molar-refractivity contribution in [2.24, 2.45) is 0 Å². The SMILES string of the molecule is CCn1nnc2cc(C(=O)N(C)CC(=O)Nc3ccc(C(C)C)cc3)ccc21. The Morgan fingerprint density at radius 2 is 1.86 bits per heavy atom. The Balaban J connectivity index is 1.64. The fraction of sp³-hybridized carbons (Fsp3) is 0.333. The van der Waals surface area contributed by atoms with Gasteiger partial charge in [0.2, 0.25) is 5.91 Å². The smallest absolute Gasteiger partial charge is 0.254 e. The van der Waals surface area contributed by atoms with Crippen LogP contribution < -0.4 is 5.32 Å². The first-order valence-corrected chi connectivity index (χ1v) is 9.37. The van der Waals surface area contributed by atoms with Gasteiger partial charge in [0.05, 0.1) is 12.1 Å². The number of nitrogens with one attached hydrogen (secondary N) is 1. The van der Waals surface area contributed by atoms with Crippen LogP contribution in [-0.4, -0.2) is 45.3 Å². The second kappa shape index (κ2) is 8.21. The summed E-state index contributed by atoms with van der Waals surface area (Å²) in [6.07, 6.45) is 0. The van der Waals surface area contributed by atoms with E-state index in [4.69, 9.17) is 0 Å². The van der Waals surface area contributed by atoms with Gasteiger partial charge in [-0.25, -0.2) is 4.68 Å². The number of aromatic nitrogens is 3. The van der Waals surface area contributed by atoms with Gasteiger partial charge in [-0.05, 0) is 48.7 Å². The molecule has 3 aromatic rings. The molecule has 0 bridgehead atoms. The Labute approximate surface area is 164 Å². The van der Waals surface area contributed by atoms with Crippen molar-refractivity contribution in [3.8, 4) is 0 Å². The predicted molar refractivity (Wildman–Crippen MR) is 109 cm³/mol. The Morgan fingerprint density at radius 1 is 1.14 bits per heavy atom. The molecule has 0 aliphatic rings. The van der Waals surface area contributed by atoms with Gasteiger partial charge < -0.3 is 10.2 Å². The second-order valence-corrected chi connectivity index (χ2v) is 7.09. The van der Waals surface area contributed by atoms with Crippen LogP contribution in [0.3, 0.4) is 0 Å². The summed E-state index contributed by atoms with van der Waals surface area (Å²) in [5.41, 5.74) is 3.95. The number of fused-ring (bicyclic) bond motifs is 1. The molecule has 28 heavy (non-hydrogen) atoms. The summed E-state index contributed by atoms with van der Waals surface area (Å²) in [5.74, 6) is -0.0471. The number of carbonyl (C=O) groups is 2. The molecule has 0 unspecified atom stereocenters. The molecule has 1 N–H and O–H groups in total. The standard InChI is InChI=1S/C21H25N5O2/c1-5-26-19-11-8-16(12-18(19)23-24-26)21(28)25(4)13-20(27)22-17-9-6-15(7-10-17)14(2)3/h6-12,14H,5,13H2,1-4H3,(H,22,27). The normalized spacial score (nSPS) is 11.0. The molecular formula is C21H25N5O2. The third kappa shape index (κ3) is 4.19. The van der Waals surface area contributed by atoms with E-state index in [1.807, 2.05) is 37.3 Å². The van der Waals surface area contributed by atoms with Gasteiger partial charge in [-0.2, -0.15) is 0 Å². The molecule has 0 aliphatic heterocycles. The fourth-order valence-electron chi connectivity index (χ4n) is 3.00. The molecule has 2 aromatic carbocycles. The molecule has 0 spiro atoms. The van der Waals surface area contributed by atoms with Crippen molar-refractivity contribution in [1.82, 2.24) is 19.9 Å². The van der Waals surface area contributed by atoms with Crippen molar-refractivity contribution in [2.75, 3.05) is 18.9 Å². The molecule has 146 valence electrons. The summed E-state index contributed by atoms with van der Waals surface area (Å²) < 4.78 is 1.77. The lowest BCUT2D eigenvalue weighted by molar-refractivity contribution is -0.116. The summed E-state index contributed by atoms with van der Waals surface area (Å²) in [6, 6.07) is 13.0. The highest BCUT2D eigenvalue weighted by molar-refractivity contribution is 6.00. The number of hydrogen-bond donors (Lipinski definition) is 1. The number of benzene rings is 2. The maximum Gasteiger partial charge on any atom is 0.254 e. The van der Waals surface area contributed by atoms with Crippen LogP contribution >= 0.6 is 0 Å². The van der Waals surface area contributed by atoms with Crippen molar-refractivity contribution in [3.05, 3.63) is 53.6 Å². The second-order valence-electron chi connectivity index (χ2n) is 7.09. The minimum Gasteiger partial charge on any atom is -0.332 e. The summed E-state index contributed by atoms with van der Waals surface area (Å²) in [5, 5.41) is 11.0. The lowest BCUT2D eigenvalue weighted by atomic mass is 10.0. The van der Waals surface area contributed by atoms with Crippen molar-refractivity contribution in [1.29, 1.82) is 0 Å². The summed E-state index contributed by atoms with van der Waals surface area (Å²) in [7, 11) is 1.61. The van der Waals surface area contributed by atoms with Crippen LogP contribution in [0.15, 0.2) is 42.5 Å². The largest absolute Gasteiger partial charge is 0.332 e. The van der Waals surface area contributed by atoms with Crippen LogP contribution in [0.4, 0.5) is 5.69 Å². The third-order valence-corrected chi connectivity index (χ3v) is 4.65. The van der Waals surface area contributed by atoms with Gasteiger partial charge in [0.15, 0.2) is 0 Å². The zero-order valence-electron chi connectivity index (χ0n) is 16.6. The number of aryl methyl sites for hydroxylation is 1.